The molecule has 0 aromatic carbocycles. The number of hydrogen-bond donors (Lipinski definition) is 1. The number of rotatable bonds is 7. The van der Waals surface area contributed by atoms with Gasteiger partial charge < -0.3 is 5.11 Å². The van der Waals surface area contributed by atoms with Crippen molar-refractivity contribution in [2.75, 3.05) is 19.7 Å². The number of aliphatic hydroxyl groups is 1. The van der Waals surface area contributed by atoms with Gasteiger partial charge in [0.05, 0.1) is 6.61 Å². The van der Waals surface area contributed by atoms with Crippen molar-refractivity contribution in [2.24, 2.45) is 5.92 Å². The Kier molecular flexibility index (Phi) is 6.26. The van der Waals surface area contributed by atoms with Gasteiger partial charge in [-0.25, -0.2) is 0 Å². The summed E-state index contributed by atoms with van der Waals surface area (Å²) in [6.07, 6.45) is 7.78. The molecule has 1 aliphatic heterocycles. The molecule has 1 saturated heterocycles. The van der Waals surface area contributed by atoms with Crippen LogP contribution < -0.4 is 0 Å². The lowest BCUT2D eigenvalue weighted by atomic mass is 9.98. The van der Waals surface area contributed by atoms with Gasteiger partial charge in [0.1, 0.15) is 0 Å². The van der Waals surface area contributed by atoms with Gasteiger partial charge in [-0.2, -0.15) is 0 Å². The van der Waals surface area contributed by atoms with E-state index in [2.05, 4.69) is 18.7 Å². The molecule has 1 fully saturated rings. The van der Waals surface area contributed by atoms with E-state index in [1.54, 1.807) is 0 Å². The van der Waals surface area contributed by atoms with Crippen molar-refractivity contribution in [1.82, 2.24) is 4.90 Å². The van der Waals surface area contributed by atoms with Crippen LogP contribution in [0.25, 0.3) is 0 Å². The van der Waals surface area contributed by atoms with Crippen LogP contribution in [0.3, 0.4) is 0 Å². The Labute approximate surface area is 94.7 Å². The number of aliphatic hydroxyl groups excluding tert-OH is 1. The first-order chi connectivity index (χ1) is 7.31. The van der Waals surface area contributed by atoms with Crippen molar-refractivity contribution in [3.63, 3.8) is 0 Å². The number of unbranched alkanes of at least 4 members (excludes halogenated alkanes) is 1. The van der Waals surface area contributed by atoms with Crippen LogP contribution in [0.2, 0.25) is 0 Å². The molecule has 1 aliphatic rings. The van der Waals surface area contributed by atoms with Crippen molar-refractivity contribution in [1.29, 1.82) is 0 Å². The van der Waals surface area contributed by atoms with Crippen LogP contribution >= 0.6 is 0 Å². The summed E-state index contributed by atoms with van der Waals surface area (Å²) < 4.78 is 0. The summed E-state index contributed by atoms with van der Waals surface area (Å²) in [4.78, 5) is 2.50. The average Bonchev–Trinajstić information content (AvgIpc) is 2.71. The van der Waals surface area contributed by atoms with Crippen molar-refractivity contribution in [3.05, 3.63) is 0 Å². The third kappa shape index (κ3) is 4.12. The van der Waals surface area contributed by atoms with Crippen molar-refractivity contribution < 1.29 is 5.11 Å². The van der Waals surface area contributed by atoms with Crippen molar-refractivity contribution in [3.8, 4) is 0 Å². The van der Waals surface area contributed by atoms with Gasteiger partial charge in [-0.3, -0.25) is 4.90 Å². The van der Waals surface area contributed by atoms with E-state index in [0.29, 0.717) is 12.6 Å². The van der Waals surface area contributed by atoms with Gasteiger partial charge in [0, 0.05) is 12.6 Å². The van der Waals surface area contributed by atoms with Crippen LogP contribution in [0.4, 0.5) is 0 Å². The van der Waals surface area contributed by atoms with E-state index in [1.807, 2.05) is 0 Å². The predicted molar refractivity (Wildman–Crippen MR) is 65.0 cm³/mol. The minimum atomic E-state index is 0.351. The molecular formula is C13H27NO. The predicted octanol–water partition coefficient (Wildman–Crippen LogP) is 2.66. The average molecular weight is 213 g/mol. The monoisotopic (exact) mass is 213 g/mol. The zero-order valence-electron chi connectivity index (χ0n) is 10.4. The maximum Gasteiger partial charge on any atom is 0.0586 e. The second-order valence-corrected chi connectivity index (χ2v) is 4.89. The molecule has 0 aliphatic carbocycles. The van der Waals surface area contributed by atoms with Crippen molar-refractivity contribution in [2.45, 2.75) is 58.4 Å². The lowest BCUT2D eigenvalue weighted by molar-refractivity contribution is 0.138. The molecule has 1 heterocycles. The van der Waals surface area contributed by atoms with Gasteiger partial charge in [0.15, 0.2) is 0 Å². The molecule has 0 aromatic heterocycles. The summed E-state index contributed by atoms with van der Waals surface area (Å²) >= 11 is 0. The van der Waals surface area contributed by atoms with E-state index in [9.17, 15) is 5.11 Å². The Bertz CT molecular complexity index is 161. The zero-order valence-corrected chi connectivity index (χ0v) is 10.4. The lowest BCUT2D eigenvalue weighted by Gasteiger charge is -2.27. The molecular weight excluding hydrogens is 186 g/mol. The van der Waals surface area contributed by atoms with Gasteiger partial charge in [-0.15, -0.1) is 0 Å². The van der Waals surface area contributed by atoms with Crippen LogP contribution in [0, 0.1) is 5.92 Å². The number of nitrogens with zero attached hydrogens (tertiary/aromatic N) is 1. The molecule has 0 aromatic rings. The van der Waals surface area contributed by atoms with Gasteiger partial charge in [0.2, 0.25) is 0 Å². The first kappa shape index (κ1) is 13.0. The normalized spacial score (nSPS) is 24.6. The molecule has 0 saturated carbocycles. The maximum atomic E-state index is 9.26. The number of hydrogen-bond acceptors (Lipinski definition) is 2. The van der Waals surface area contributed by atoms with E-state index in [1.165, 1.54) is 51.6 Å². The summed E-state index contributed by atoms with van der Waals surface area (Å²) in [5.74, 6) is 0.845. The fraction of sp³-hybridized carbons (Fsp3) is 1.00. The van der Waals surface area contributed by atoms with Gasteiger partial charge in [-0.05, 0) is 31.7 Å². The molecule has 0 spiro atoms. The molecule has 0 bridgehead atoms. The first-order valence-electron chi connectivity index (χ1n) is 6.66. The molecule has 1 rings (SSSR count). The highest BCUT2D eigenvalue weighted by atomic mass is 16.3. The maximum absolute atomic E-state index is 9.26. The van der Waals surface area contributed by atoms with E-state index in [0.717, 1.165) is 5.92 Å². The highest BCUT2D eigenvalue weighted by Crippen LogP contribution is 2.21. The SMILES string of the molecule is CCCCC(CC)CN1CCCC1CO. The second kappa shape index (κ2) is 7.24. The van der Waals surface area contributed by atoms with Crippen LogP contribution in [0.1, 0.15) is 52.4 Å². The molecule has 0 amide bonds. The zero-order chi connectivity index (χ0) is 11.1. The summed E-state index contributed by atoms with van der Waals surface area (Å²) in [7, 11) is 0. The molecule has 15 heavy (non-hydrogen) atoms. The van der Waals surface area contributed by atoms with Gasteiger partial charge >= 0.3 is 0 Å². The van der Waals surface area contributed by atoms with Crippen LogP contribution in [-0.4, -0.2) is 35.7 Å². The topological polar surface area (TPSA) is 23.5 Å². The molecule has 90 valence electrons. The summed E-state index contributed by atoms with van der Waals surface area (Å²) in [5.41, 5.74) is 0. The van der Waals surface area contributed by atoms with E-state index >= 15 is 0 Å². The fourth-order valence-electron chi connectivity index (χ4n) is 2.59. The molecule has 2 atom stereocenters. The Morgan fingerprint density at radius 1 is 1.40 bits per heavy atom. The van der Waals surface area contributed by atoms with E-state index < -0.39 is 0 Å². The lowest BCUT2D eigenvalue weighted by Crippen LogP contribution is -2.36. The summed E-state index contributed by atoms with van der Waals surface area (Å²) in [5, 5.41) is 9.26. The van der Waals surface area contributed by atoms with E-state index in [-0.39, 0.29) is 0 Å². The quantitative estimate of drug-likeness (QED) is 0.703. The van der Waals surface area contributed by atoms with E-state index in [4.69, 9.17) is 0 Å². The fourth-order valence-corrected chi connectivity index (χ4v) is 2.59. The van der Waals surface area contributed by atoms with Crippen LogP contribution in [-0.2, 0) is 0 Å². The Morgan fingerprint density at radius 2 is 2.20 bits per heavy atom. The minimum Gasteiger partial charge on any atom is -0.395 e. The minimum absolute atomic E-state index is 0.351. The molecule has 1 N–H and O–H groups in total. The Morgan fingerprint density at radius 3 is 2.80 bits per heavy atom. The molecule has 2 heteroatoms. The van der Waals surface area contributed by atoms with Crippen molar-refractivity contribution >= 4 is 0 Å². The first-order valence-corrected chi connectivity index (χ1v) is 6.66. The second-order valence-electron chi connectivity index (χ2n) is 4.89. The molecule has 2 unspecified atom stereocenters. The highest BCUT2D eigenvalue weighted by molar-refractivity contribution is 4.80. The number of likely N-dealkylation sites (tertiary alicyclic amines) is 1. The third-order valence-corrected chi connectivity index (χ3v) is 3.75. The molecule has 0 radical (unpaired) electrons. The van der Waals surface area contributed by atoms with Gasteiger partial charge in [-0.1, -0.05) is 33.1 Å². The van der Waals surface area contributed by atoms with Crippen LogP contribution in [0.15, 0.2) is 0 Å². The summed E-state index contributed by atoms with van der Waals surface area (Å²) in [6.45, 7) is 7.32. The largest absolute Gasteiger partial charge is 0.395 e. The van der Waals surface area contributed by atoms with Crippen LogP contribution in [0.5, 0.6) is 0 Å². The Hall–Kier alpha value is -0.0800. The Balaban J connectivity index is 2.29. The van der Waals surface area contributed by atoms with Gasteiger partial charge in [0.25, 0.3) is 0 Å². The standard InChI is InChI=1S/C13H27NO/c1-3-5-7-12(4-2)10-14-9-6-8-13(14)11-15/h12-13,15H,3-11H2,1-2H3. The third-order valence-electron chi connectivity index (χ3n) is 3.75. The smallest absolute Gasteiger partial charge is 0.0586 e. The molecule has 2 nitrogen and oxygen atoms in total. The summed E-state index contributed by atoms with van der Waals surface area (Å²) in [6, 6.07) is 0.459. The highest BCUT2D eigenvalue weighted by Gasteiger charge is 2.25.